The number of aromatic nitrogens is 1. The zero-order valence-electron chi connectivity index (χ0n) is 16.1. The van der Waals surface area contributed by atoms with Gasteiger partial charge < -0.3 is 5.32 Å². The molecule has 5 nitrogen and oxygen atoms in total. The van der Waals surface area contributed by atoms with Gasteiger partial charge in [0.2, 0.25) is 5.91 Å². The van der Waals surface area contributed by atoms with Crippen molar-refractivity contribution in [3.05, 3.63) is 41.4 Å². The molecule has 1 heterocycles. The zero-order valence-corrected chi connectivity index (χ0v) is 18.5. The Morgan fingerprint density at radius 1 is 1.10 bits per heavy atom. The van der Waals surface area contributed by atoms with Gasteiger partial charge in [0.15, 0.2) is 5.13 Å². The molecule has 2 N–H and O–H groups in total. The molecule has 4 bridgehead atoms. The highest BCUT2D eigenvalue weighted by atomic mass is 79.9. The summed E-state index contributed by atoms with van der Waals surface area (Å²) in [5.74, 6) is 1.44. The first-order valence-electron chi connectivity index (χ1n) is 10.2. The molecule has 6 rings (SSSR count). The first kappa shape index (κ1) is 19.2. The number of halogens is 1. The molecule has 2 unspecified atom stereocenters. The van der Waals surface area contributed by atoms with Gasteiger partial charge >= 0.3 is 0 Å². The molecular formula is C22H24BrN3O2S. The zero-order chi connectivity index (χ0) is 20.1. The van der Waals surface area contributed by atoms with E-state index in [-0.39, 0.29) is 21.6 Å². The summed E-state index contributed by atoms with van der Waals surface area (Å²) >= 11 is 5.40. The first-order chi connectivity index (χ1) is 13.9. The van der Waals surface area contributed by atoms with Crippen LogP contribution in [0.4, 0.5) is 10.8 Å². The first-order valence-corrected chi connectivity index (χ1v) is 11.9. The fourth-order valence-electron chi connectivity index (χ4n) is 6.25. The molecule has 0 spiro atoms. The highest BCUT2D eigenvalue weighted by Crippen LogP contribution is 2.65. The van der Waals surface area contributed by atoms with Gasteiger partial charge in [-0.25, -0.2) is 4.98 Å². The average molecular weight is 474 g/mol. The van der Waals surface area contributed by atoms with E-state index in [0.717, 1.165) is 23.9 Å². The van der Waals surface area contributed by atoms with E-state index in [0.29, 0.717) is 17.1 Å². The Bertz CT molecular complexity index is 914. The Balaban J connectivity index is 1.21. The molecule has 1 aromatic carbocycles. The summed E-state index contributed by atoms with van der Waals surface area (Å²) in [7, 11) is 0. The van der Waals surface area contributed by atoms with Crippen LogP contribution in [0.2, 0.25) is 0 Å². The molecule has 1 aromatic heterocycles. The molecule has 0 aliphatic heterocycles. The van der Waals surface area contributed by atoms with Gasteiger partial charge in [-0.2, -0.15) is 0 Å². The monoisotopic (exact) mass is 473 g/mol. The average Bonchev–Trinajstić information content (AvgIpc) is 3.12. The number of nitrogens with one attached hydrogen (secondary N) is 2. The summed E-state index contributed by atoms with van der Waals surface area (Å²) in [6, 6.07) is 7.05. The number of benzene rings is 1. The number of carbonyl (C=O) groups excluding carboxylic acids is 2. The van der Waals surface area contributed by atoms with Crippen molar-refractivity contribution in [2.75, 3.05) is 10.6 Å². The molecule has 4 saturated carbocycles. The van der Waals surface area contributed by atoms with Crippen LogP contribution in [0.3, 0.4) is 0 Å². The van der Waals surface area contributed by atoms with Crippen LogP contribution in [-0.4, -0.2) is 21.1 Å². The standard InChI is InChI=1S/C22H24BrN3O2S/c23-22-10-14-7-15(11-22)9-21(8-14,13-22)12-18(27)25-17-3-1-16(2-4-17)19(28)26-20-24-5-6-29-20/h1-6,14-15H,7-13H2,(H,25,27)(H,24,26,28). The predicted octanol–water partition coefficient (Wildman–Crippen LogP) is 5.46. The minimum absolute atomic E-state index is 0.0861. The molecule has 0 radical (unpaired) electrons. The number of nitrogens with zero attached hydrogens (tertiary/aromatic N) is 1. The number of carbonyl (C=O) groups is 2. The molecule has 0 saturated heterocycles. The summed E-state index contributed by atoms with van der Waals surface area (Å²) in [6.07, 6.45) is 9.66. The number of alkyl halides is 1. The van der Waals surface area contributed by atoms with Gasteiger partial charge in [-0.1, -0.05) is 15.9 Å². The second kappa shape index (κ2) is 7.20. The summed E-state index contributed by atoms with van der Waals surface area (Å²) in [4.78, 5) is 29.1. The quantitative estimate of drug-likeness (QED) is 0.566. The maximum Gasteiger partial charge on any atom is 0.257 e. The predicted molar refractivity (Wildman–Crippen MR) is 119 cm³/mol. The van der Waals surface area contributed by atoms with Crippen LogP contribution < -0.4 is 10.6 Å². The van der Waals surface area contributed by atoms with E-state index in [1.54, 1.807) is 30.5 Å². The second-order valence-electron chi connectivity index (χ2n) is 9.21. The van der Waals surface area contributed by atoms with Gasteiger partial charge in [0.25, 0.3) is 5.91 Å². The van der Waals surface area contributed by atoms with E-state index >= 15 is 0 Å². The normalized spacial score (nSPS) is 32.2. The van der Waals surface area contributed by atoms with Gasteiger partial charge in [-0.15, -0.1) is 11.3 Å². The van der Waals surface area contributed by atoms with Crippen molar-refractivity contribution >= 4 is 49.9 Å². The Hall–Kier alpha value is -1.73. The maximum absolute atomic E-state index is 12.8. The summed E-state index contributed by atoms with van der Waals surface area (Å²) in [6.45, 7) is 0. The maximum atomic E-state index is 12.8. The van der Waals surface area contributed by atoms with Crippen molar-refractivity contribution in [2.45, 2.75) is 49.3 Å². The van der Waals surface area contributed by atoms with Crippen molar-refractivity contribution < 1.29 is 9.59 Å². The highest BCUT2D eigenvalue weighted by molar-refractivity contribution is 9.10. The summed E-state index contributed by atoms with van der Waals surface area (Å²) in [5, 5.41) is 8.20. The molecule has 4 fully saturated rings. The lowest BCUT2D eigenvalue weighted by Crippen LogP contribution is -2.53. The lowest BCUT2D eigenvalue weighted by molar-refractivity contribution is -0.123. The Morgan fingerprint density at radius 2 is 1.83 bits per heavy atom. The largest absolute Gasteiger partial charge is 0.326 e. The van der Waals surface area contributed by atoms with Crippen LogP contribution in [0.15, 0.2) is 35.8 Å². The van der Waals surface area contributed by atoms with Crippen LogP contribution in [0.25, 0.3) is 0 Å². The minimum Gasteiger partial charge on any atom is -0.326 e. The van der Waals surface area contributed by atoms with Gasteiger partial charge in [0.1, 0.15) is 0 Å². The van der Waals surface area contributed by atoms with Crippen molar-refractivity contribution in [1.82, 2.24) is 4.98 Å². The fraction of sp³-hybridized carbons (Fsp3) is 0.500. The third kappa shape index (κ3) is 3.99. The van der Waals surface area contributed by atoms with E-state index in [4.69, 9.17) is 0 Å². The third-order valence-corrected chi connectivity index (χ3v) is 8.35. The molecule has 29 heavy (non-hydrogen) atoms. The summed E-state index contributed by atoms with van der Waals surface area (Å²) < 4.78 is 0.268. The van der Waals surface area contributed by atoms with Crippen molar-refractivity contribution in [1.29, 1.82) is 0 Å². The van der Waals surface area contributed by atoms with E-state index in [9.17, 15) is 9.59 Å². The van der Waals surface area contributed by atoms with E-state index in [1.165, 1.54) is 43.4 Å². The Labute approximate surface area is 182 Å². The smallest absolute Gasteiger partial charge is 0.257 e. The molecule has 152 valence electrons. The number of rotatable bonds is 5. The van der Waals surface area contributed by atoms with E-state index in [2.05, 4.69) is 31.5 Å². The molecule has 4 aliphatic carbocycles. The number of hydrogen-bond donors (Lipinski definition) is 2. The Morgan fingerprint density at radius 3 is 2.45 bits per heavy atom. The van der Waals surface area contributed by atoms with Crippen molar-refractivity contribution in [3.8, 4) is 0 Å². The van der Waals surface area contributed by atoms with Crippen LogP contribution in [0.5, 0.6) is 0 Å². The molecular weight excluding hydrogens is 450 g/mol. The molecule has 2 amide bonds. The lowest BCUT2D eigenvalue weighted by Gasteiger charge is -2.60. The van der Waals surface area contributed by atoms with Gasteiger partial charge in [-0.05, 0) is 80.0 Å². The number of hydrogen-bond acceptors (Lipinski definition) is 4. The number of thiazole rings is 1. The van der Waals surface area contributed by atoms with Crippen molar-refractivity contribution in [3.63, 3.8) is 0 Å². The molecule has 4 aliphatic rings. The van der Waals surface area contributed by atoms with Crippen LogP contribution in [0.1, 0.15) is 55.3 Å². The van der Waals surface area contributed by atoms with E-state index < -0.39 is 0 Å². The van der Waals surface area contributed by atoms with Crippen LogP contribution in [-0.2, 0) is 4.79 Å². The SMILES string of the molecule is O=C(CC12CC3CC(CC(Br)(C3)C1)C2)Nc1ccc(C(=O)Nc2nccs2)cc1. The number of amides is 2. The minimum atomic E-state index is -0.200. The van der Waals surface area contributed by atoms with Crippen LogP contribution in [0, 0.1) is 17.3 Å². The summed E-state index contributed by atoms with van der Waals surface area (Å²) in [5.41, 5.74) is 1.44. The van der Waals surface area contributed by atoms with Gasteiger partial charge in [0, 0.05) is 33.6 Å². The lowest BCUT2D eigenvalue weighted by atomic mass is 9.48. The second-order valence-corrected chi connectivity index (χ2v) is 11.8. The van der Waals surface area contributed by atoms with Crippen molar-refractivity contribution in [2.24, 2.45) is 17.3 Å². The molecule has 7 heteroatoms. The highest BCUT2D eigenvalue weighted by Gasteiger charge is 2.57. The fourth-order valence-corrected chi connectivity index (χ4v) is 8.28. The molecule has 2 atom stereocenters. The van der Waals surface area contributed by atoms with E-state index in [1.807, 2.05) is 5.38 Å². The Kier molecular flexibility index (Phi) is 4.78. The van der Waals surface area contributed by atoms with Gasteiger partial charge in [-0.3, -0.25) is 14.9 Å². The topological polar surface area (TPSA) is 71.1 Å². The van der Waals surface area contributed by atoms with Crippen LogP contribution >= 0.6 is 27.3 Å². The number of anilines is 2. The van der Waals surface area contributed by atoms with Gasteiger partial charge in [0.05, 0.1) is 0 Å². The third-order valence-electron chi connectivity index (χ3n) is 6.73. The molecule has 2 aromatic rings.